The predicted molar refractivity (Wildman–Crippen MR) is 99.1 cm³/mol. The smallest absolute Gasteiger partial charge is 0.340 e. The molecule has 2 rings (SSSR count). The Bertz CT molecular complexity index is 783. The van der Waals surface area contributed by atoms with Crippen LogP contribution in [0.1, 0.15) is 52.8 Å². The molecule has 2 aromatic rings. The summed E-state index contributed by atoms with van der Waals surface area (Å²) in [6.07, 6.45) is 0. The van der Waals surface area contributed by atoms with E-state index in [-0.39, 0.29) is 18.6 Å². The predicted octanol–water partition coefficient (Wildman–Crippen LogP) is 4.10. The number of ether oxygens (including phenoxy) is 1. The van der Waals surface area contributed by atoms with Crippen LogP contribution in [0, 0.1) is 27.7 Å². The Hall–Kier alpha value is -2.56. The van der Waals surface area contributed by atoms with Gasteiger partial charge in [0, 0.05) is 23.1 Å². The van der Waals surface area contributed by atoms with Crippen LogP contribution in [0.4, 0.5) is 5.69 Å². The molecule has 1 aromatic heterocycles. The van der Waals surface area contributed by atoms with Crippen molar-refractivity contribution in [3.8, 4) is 0 Å². The Labute approximate surface area is 149 Å². The number of aromatic nitrogens is 1. The van der Waals surface area contributed by atoms with Crippen molar-refractivity contribution < 1.29 is 14.3 Å². The fraction of sp³-hybridized carbons (Fsp3) is 0.400. The van der Waals surface area contributed by atoms with Gasteiger partial charge in [-0.15, -0.1) is 0 Å². The summed E-state index contributed by atoms with van der Waals surface area (Å²) in [5.74, 6) is -0.819. The van der Waals surface area contributed by atoms with Gasteiger partial charge in [-0.05, 0) is 58.7 Å². The third-order valence-electron chi connectivity index (χ3n) is 4.30. The minimum atomic E-state index is -0.475. The number of hydrogen-bond donors (Lipinski definition) is 1. The highest BCUT2D eigenvalue weighted by molar-refractivity contribution is 5.96. The Morgan fingerprint density at radius 2 is 1.72 bits per heavy atom. The third kappa shape index (κ3) is 4.10. The number of rotatable bonds is 5. The molecule has 1 N–H and O–H groups in total. The molecular formula is C20H26N2O3. The number of benzene rings is 1. The molecule has 0 unspecified atom stereocenters. The Balaban J connectivity index is 2.03. The van der Waals surface area contributed by atoms with Gasteiger partial charge in [0.15, 0.2) is 6.61 Å². The van der Waals surface area contributed by atoms with Crippen LogP contribution >= 0.6 is 0 Å². The van der Waals surface area contributed by atoms with E-state index >= 15 is 0 Å². The fourth-order valence-corrected chi connectivity index (χ4v) is 3.17. The fourth-order valence-electron chi connectivity index (χ4n) is 3.17. The first-order valence-corrected chi connectivity index (χ1v) is 8.44. The van der Waals surface area contributed by atoms with E-state index in [0.717, 1.165) is 28.2 Å². The van der Waals surface area contributed by atoms with Crippen molar-refractivity contribution >= 4 is 17.6 Å². The monoisotopic (exact) mass is 342 g/mol. The van der Waals surface area contributed by atoms with Gasteiger partial charge < -0.3 is 14.6 Å². The van der Waals surface area contributed by atoms with Crippen LogP contribution < -0.4 is 5.32 Å². The zero-order valence-corrected chi connectivity index (χ0v) is 15.8. The molecule has 1 aromatic carbocycles. The Kier molecular flexibility index (Phi) is 5.67. The molecule has 134 valence electrons. The molecule has 0 aliphatic carbocycles. The van der Waals surface area contributed by atoms with Gasteiger partial charge in [-0.1, -0.05) is 18.2 Å². The Morgan fingerprint density at radius 1 is 1.12 bits per heavy atom. The second-order valence-electron chi connectivity index (χ2n) is 6.64. The van der Waals surface area contributed by atoms with E-state index < -0.39 is 5.97 Å². The van der Waals surface area contributed by atoms with Crippen LogP contribution in [-0.2, 0) is 9.53 Å². The van der Waals surface area contributed by atoms with Crippen LogP contribution in [0.2, 0.25) is 0 Å². The van der Waals surface area contributed by atoms with E-state index in [0.29, 0.717) is 5.56 Å². The SMILES string of the molecule is Cc1cccc(C)c1NC(=O)COC(=O)c1cc(C)n(C(C)C)c1C. The second kappa shape index (κ2) is 7.55. The third-order valence-corrected chi connectivity index (χ3v) is 4.30. The molecule has 25 heavy (non-hydrogen) atoms. The number of para-hydroxylation sites is 1. The largest absolute Gasteiger partial charge is 0.452 e. The number of aryl methyl sites for hydroxylation is 3. The molecule has 0 aliphatic heterocycles. The summed E-state index contributed by atoms with van der Waals surface area (Å²) >= 11 is 0. The van der Waals surface area contributed by atoms with E-state index in [2.05, 4.69) is 23.7 Å². The van der Waals surface area contributed by atoms with E-state index in [1.165, 1.54) is 0 Å². The molecule has 0 fully saturated rings. The van der Waals surface area contributed by atoms with Crippen molar-refractivity contribution in [2.24, 2.45) is 0 Å². The number of nitrogens with zero attached hydrogens (tertiary/aromatic N) is 1. The highest BCUT2D eigenvalue weighted by Crippen LogP contribution is 2.21. The number of nitrogens with one attached hydrogen (secondary N) is 1. The molecule has 0 saturated carbocycles. The van der Waals surface area contributed by atoms with Gasteiger partial charge in [0.2, 0.25) is 0 Å². The minimum Gasteiger partial charge on any atom is -0.452 e. The number of anilines is 1. The first-order valence-electron chi connectivity index (χ1n) is 8.44. The lowest BCUT2D eigenvalue weighted by Gasteiger charge is -2.14. The van der Waals surface area contributed by atoms with Crippen molar-refractivity contribution in [2.75, 3.05) is 11.9 Å². The van der Waals surface area contributed by atoms with Crippen molar-refractivity contribution in [3.05, 3.63) is 52.3 Å². The van der Waals surface area contributed by atoms with Crippen molar-refractivity contribution in [1.29, 1.82) is 0 Å². The summed E-state index contributed by atoms with van der Waals surface area (Å²) in [5, 5.41) is 2.81. The lowest BCUT2D eigenvalue weighted by Crippen LogP contribution is -2.22. The molecule has 5 nitrogen and oxygen atoms in total. The van der Waals surface area contributed by atoms with Gasteiger partial charge in [0.25, 0.3) is 5.91 Å². The topological polar surface area (TPSA) is 60.3 Å². The maximum Gasteiger partial charge on any atom is 0.340 e. The van der Waals surface area contributed by atoms with Crippen LogP contribution in [-0.4, -0.2) is 23.1 Å². The summed E-state index contributed by atoms with van der Waals surface area (Å²) in [4.78, 5) is 24.5. The van der Waals surface area contributed by atoms with Gasteiger partial charge >= 0.3 is 5.97 Å². The van der Waals surface area contributed by atoms with Gasteiger partial charge in [-0.25, -0.2) is 4.79 Å². The standard InChI is InChI=1S/C20H26N2O3/c1-12(2)22-15(5)10-17(16(22)6)20(24)25-11-18(23)21-19-13(3)8-7-9-14(19)4/h7-10,12H,11H2,1-6H3,(H,21,23). The van der Waals surface area contributed by atoms with Crippen LogP contribution in [0.25, 0.3) is 0 Å². The molecule has 5 heteroatoms. The van der Waals surface area contributed by atoms with Gasteiger partial charge in [-0.3, -0.25) is 4.79 Å². The van der Waals surface area contributed by atoms with Crippen molar-refractivity contribution in [3.63, 3.8) is 0 Å². The number of carbonyl (C=O) groups excluding carboxylic acids is 2. The molecule has 1 heterocycles. The number of hydrogen-bond acceptors (Lipinski definition) is 3. The summed E-state index contributed by atoms with van der Waals surface area (Å²) in [6.45, 7) is 11.5. The maximum absolute atomic E-state index is 12.3. The number of esters is 1. The quantitative estimate of drug-likeness (QED) is 0.832. The molecule has 1 amide bonds. The molecular weight excluding hydrogens is 316 g/mol. The van der Waals surface area contributed by atoms with Crippen LogP contribution in [0.5, 0.6) is 0 Å². The molecule has 0 atom stereocenters. The van der Waals surface area contributed by atoms with Crippen molar-refractivity contribution in [1.82, 2.24) is 4.57 Å². The Morgan fingerprint density at radius 3 is 2.24 bits per heavy atom. The summed E-state index contributed by atoms with van der Waals surface area (Å²) < 4.78 is 7.28. The lowest BCUT2D eigenvalue weighted by molar-refractivity contribution is -0.119. The lowest BCUT2D eigenvalue weighted by atomic mass is 10.1. The van der Waals surface area contributed by atoms with E-state index in [1.54, 1.807) is 6.07 Å². The van der Waals surface area contributed by atoms with Gasteiger partial charge in [0.05, 0.1) is 5.56 Å². The number of carbonyl (C=O) groups is 2. The first-order chi connectivity index (χ1) is 11.7. The zero-order valence-electron chi connectivity index (χ0n) is 15.8. The molecule has 0 spiro atoms. The second-order valence-corrected chi connectivity index (χ2v) is 6.64. The van der Waals surface area contributed by atoms with Crippen LogP contribution in [0.3, 0.4) is 0 Å². The summed E-state index contributed by atoms with van der Waals surface area (Å²) in [7, 11) is 0. The number of amides is 1. The van der Waals surface area contributed by atoms with E-state index in [9.17, 15) is 9.59 Å². The van der Waals surface area contributed by atoms with E-state index in [4.69, 9.17) is 4.74 Å². The first kappa shape index (κ1) is 18.8. The molecule has 0 saturated heterocycles. The van der Waals surface area contributed by atoms with Gasteiger partial charge in [0.1, 0.15) is 0 Å². The van der Waals surface area contributed by atoms with Crippen molar-refractivity contribution in [2.45, 2.75) is 47.6 Å². The maximum atomic E-state index is 12.3. The van der Waals surface area contributed by atoms with E-state index in [1.807, 2.05) is 45.9 Å². The summed E-state index contributed by atoms with van der Waals surface area (Å²) in [5.41, 5.74) is 5.07. The average Bonchev–Trinajstić information content (AvgIpc) is 2.83. The molecule has 0 aliphatic rings. The average molecular weight is 342 g/mol. The molecule has 0 bridgehead atoms. The normalized spacial score (nSPS) is 10.8. The molecule has 0 radical (unpaired) electrons. The highest BCUT2D eigenvalue weighted by Gasteiger charge is 2.19. The summed E-state index contributed by atoms with van der Waals surface area (Å²) in [6, 6.07) is 7.85. The minimum absolute atomic E-state index is 0.258. The highest BCUT2D eigenvalue weighted by atomic mass is 16.5. The van der Waals surface area contributed by atoms with Gasteiger partial charge in [-0.2, -0.15) is 0 Å². The van der Waals surface area contributed by atoms with Crippen LogP contribution in [0.15, 0.2) is 24.3 Å². The zero-order chi connectivity index (χ0) is 18.7.